The highest BCUT2D eigenvalue weighted by Crippen LogP contribution is 2.35. The number of Topliss-reactive ketones (excluding diaryl/α,β-unsaturated/α-hetero) is 2. The number of carbonyl (C=O) groups is 4. The van der Waals surface area contributed by atoms with Gasteiger partial charge in [0.05, 0.1) is 30.9 Å². The van der Waals surface area contributed by atoms with Gasteiger partial charge in [-0.05, 0) is 55.5 Å². The number of H-pyrrole nitrogens is 1. The van der Waals surface area contributed by atoms with Crippen molar-refractivity contribution in [1.29, 1.82) is 0 Å². The van der Waals surface area contributed by atoms with Crippen molar-refractivity contribution in [3.05, 3.63) is 106 Å². The van der Waals surface area contributed by atoms with Gasteiger partial charge in [-0.1, -0.05) is 42.5 Å². The largest absolute Gasteiger partial charge is 0.465 e. The van der Waals surface area contributed by atoms with E-state index in [2.05, 4.69) is 21.7 Å². The molecule has 0 radical (unpaired) electrons. The van der Waals surface area contributed by atoms with Crippen LogP contribution < -0.4 is 0 Å². The van der Waals surface area contributed by atoms with Crippen molar-refractivity contribution in [2.24, 2.45) is 0 Å². The van der Waals surface area contributed by atoms with Gasteiger partial charge in [-0.15, -0.1) is 0 Å². The van der Waals surface area contributed by atoms with Crippen LogP contribution in [-0.4, -0.2) is 47.3 Å². The molecule has 0 atom stereocenters. The summed E-state index contributed by atoms with van der Waals surface area (Å²) in [5.41, 5.74) is 7.22. The Morgan fingerprint density at radius 2 is 1.35 bits per heavy atom. The SMILES string of the molecule is COC(=O)c1cccc2[nH]c3c(c12)C(=O)CCC3.COC(=O)c1cccc2c1c1c(n2Cc2ccccc2)CCCC1=O. The molecule has 8 nitrogen and oxygen atoms in total. The Bertz CT molecular complexity index is 1900. The Hall–Kier alpha value is -4.98. The number of carbonyl (C=O) groups excluding carboxylic acids is 4. The van der Waals surface area contributed by atoms with E-state index in [1.807, 2.05) is 36.4 Å². The smallest absolute Gasteiger partial charge is 0.338 e. The van der Waals surface area contributed by atoms with Crippen molar-refractivity contribution in [2.75, 3.05) is 14.2 Å². The van der Waals surface area contributed by atoms with Crippen molar-refractivity contribution < 1.29 is 28.7 Å². The summed E-state index contributed by atoms with van der Waals surface area (Å²) in [6.07, 6.45) is 4.51. The van der Waals surface area contributed by atoms with Crippen LogP contribution >= 0.6 is 0 Å². The third kappa shape index (κ3) is 5.03. The molecule has 2 heterocycles. The number of hydrogen-bond donors (Lipinski definition) is 1. The first-order valence-corrected chi connectivity index (χ1v) is 14.5. The number of nitrogens with one attached hydrogen (secondary N) is 1. The number of benzene rings is 3. The fourth-order valence-corrected chi connectivity index (χ4v) is 6.41. The number of esters is 2. The van der Waals surface area contributed by atoms with Gasteiger partial charge in [0, 0.05) is 58.2 Å². The molecule has 2 aromatic heterocycles. The van der Waals surface area contributed by atoms with E-state index in [4.69, 9.17) is 9.47 Å². The summed E-state index contributed by atoms with van der Waals surface area (Å²) < 4.78 is 11.9. The Morgan fingerprint density at radius 3 is 2.05 bits per heavy atom. The number of hydrogen-bond acceptors (Lipinski definition) is 6. The quantitative estimate of drug-likeness (QED) is 0.246. The van der Waals surface area contributed by atoms with Gasteiger partial charge in [0.15, 0.2) is 11.6 Å². The Labute approximate surface area is 248 Å². The third-order valence-electron chi connectivity index (χ3n) is 8.30. The fraction of sp³-hybridized carbons (Fsp3) is 0.257. The number of fused-ring (bicyclic) bond motifs is 6. The first-order valence-electron chi connectivity index (χ1n) is 14.5. The third-order valence-corrected chi connectivity index (χ3v) is 8.30. The topological polar surface area (TPSA) is 107 Å². The van der Waals surface area contributed by atoms with Crippen LogP contribution in [0.4, 0.5) is 0 Å². The summed E-state index contributed by atoms with van der Waals surface area (Å²) in [6.45, 7) is 0.685. The lowest BCUT2D eigenvalue weighted by Gasteiger charge is -2.15. The molecule has 1 N–H and O–H groups in total. The summed E-state index contributed by atoms with van der Waals surface area (Å²) in [6, 6.07) is 21.1. The molecule has 0 bridgehead atoms. The maximum absolute atomic E-state index is 12.7. The molecule has 8 heteroatoms. The van der Waals surface area contributed by atoms with Gasteiger partial charge in [0.1, 0.15) is 0 Å². The van der Waals surface area contributed by atoms with Crippen LogP contribution in [0, 0.1) is 0 Å². The van der Waals surface area contributed by atoms with Crippen molar-refractivity contribution in [2.45, 2.75) is 45.1 Å². The zero-order valence-corrected chi connectivity index (χ0v) is 24.2. The highest BCUT2D eigenvalue weighted by Gasteiger charge is 2.29. The number of methoxy groups -OCH3 is 2. The van der Waals surface area contributed by atoms with Gasteiger partial charge in [-0.3, -0.25) is 9.59 Å². The average molecular weight is 577 g/mol. The molecule has 0 saturated heterocycles. The molecule has 7 rings (SSSR count). The number of aryl methyl sites for hydroxylation is 1. The van der Waals surface area contributed by atoms with Crippen LogP contribution in [0.15, 0.2) is 66.7 Å². The molecule has 0 saturated carbocycles. The molecule has 0 aliphatic heterocycles. The van der Waals surface area contributed by atoms with Crippen LogP contribution in [0.1, 0.15) is 84.1 Å². The van der Waals surface area contributed by atoms with Crippen LogP contribution in [0.3, 0.4) is 0 Å². The van der Waals surface area contributed by atoms with Gasteiger partial charge in [-0.2, -0.15) is 0 Å². The minimum atomic E-state index is -0.402. The summed E-state index contributed by atoms with van der Waals surface area (Å²) in [5.74, 6) is -0.572. The first-order chi connectivity index (χ1) is 20.9. The van der Waals surface area contributed by atoms with Crippen molar-refractivity contribution in [3.8, 4) is 0 Å². The summed E-state index contributed by atoms with van der Waals surface area (Å²) in [7, 11) is 2.72. The predicted octanol–water partition coefficient (Wildman–Crippen LogP) is 6.47. The second kappa shape index (κ2) is 11.7. The van der Waals surface area contributed by atoms with E-state index in [1.54, 1.807) is 18.2 Å². The Kier molecular flexibility index (Phi) is 7.67. The van der Waals surface area contributed by atoms with Crippen LogP contribution in [0.25, 0.3) is 21.8 Å². The molecule has 218 valence electrons. The maximum atomic E-state index is 12.7. The lowest BCUT2D eigenvalue weighted by atomic mass is 9.92. The van der Waals surface area contributed by atoms with Gasteiger partial charge >= 0.3 is 11.9 Å². The molecular formula is C35H32N2O6. The van der Waals surface area contributed by atoms with E-state index in [0.29, 0.717) is 47.0 Å². The van der Waals surface area contributed by atoms with E-state index in [0.717, 1.165) is 53.5 Å². The van der Waals surface area contributed by atoms with Gasteiger partial charge in [0.25, 0.3) is 0 Å². The normalized spacial score (nSPS) is 14.1. The Morgan fingerprint density at radius 1 is 0.721 bits per heavy atom. The molecule has 0 spiro atoms. The van der Waals surface area contributed by atoms with E-state index in [1.165, 1.54) is 19.8 Å². The summed E-state index contributed by atoms with van der Waals surface area (Å²) in [4.78, 5) is 52.0. The number of aromatic amines is 1. The van der Waals surface area contributed by atoms with Gasteiger partial charge < -0.3 is 19.0 Å². The molecule has 0 unspecified atom stereocenters. The van der Waals surface area contributed by atoms with Gasteiger partial charge in [-0.25, -0.2) is 9.59 Å². The second-order valence-electron chi connectivity index (χ2n) is 10.8. The Balaban J connectivity index is 0.000000162. The summed E-state index contributed by atoms with van der Waals surface area (Å²) >= 11 is 0. The number of nitrogens with zero attached hydrogens (tertiary/aromatic N) is 1. The fourth-order valence-electron chi connectivity index (χ4n) is 6.41. The number of rotatable bonds is 4. The maximum Gasteiger partial charge on any atom is 0.338 e. The molecule has 2 aliphatic rings. The van der Waals surface area contributed by atoms with E-state index in [9.17, 15) is 19.2 Å². The lowest BCUT2D eigenvalue weighted by molar-refractivity contribution is 0.0594. The highest BCUT2D eigenvalue weighted by molar-refractivity contribution is 6.17. The van der Waals surface area contributed by atoms with Gasteiger partial charge in [0.2, 0.25) is 0 Å². The first kappa shape index (κ1) is 28.2. The number of ketones is 2. The number of aromatic nitrogens is 2. The monoisotopic (exact) mass is 576 g/mol. The standard InChI is InChI=1S/C21H19NO3.C14H13NO3/c1-25-21(24)15-9-5-10-16-19(15)20-17(11-6-12-18(20)23)22(16)13-14-7-3-2-4-8-14;1-18-14(17)8-4-2-5-9-12(8)13-10(15-9)6-3-7-11(13)16/h2-5,7-10H,6,11-13H2,1H3;2,4-5,15H,3,6-7H2,1H3. The van der Waals surface area contributed by atoms with Crippen LogP contribution in [0.2, 0.25) is 0 Å². The predicted molar refractivity (Wildman–Crippen MR) is 163 cm³/mol. The van der Waals surface area contributed by atoms with Crippen LogP contribution in [-0.2, 0) is 28.9 Å². The van der Waals surface area contributed by atoms with Crippen LogP contribution in [0.5, 0.6) is 0 Å². The lowest BCUT2D eigenvalue weighted by Crippen LogP contribution is -2.14. The highest BCUT2D eigenvalue weighted by atomic mass is 16.5. The van der Waals surface area contributed by atoms with E-state index in [-0.39, 0.29) is 11.6 Å². The summed E-state index contributed by atoms with van der Waals surface area (Å²) in [5, 5.41) is 1.45. The molecule has 43 heavy (non-hydrogen) atoms. The average Bonchev–Trinajstić information content (AvgIpc) is 3.58. The zero-order chi connectivity index (χ0) is 30.1. The molecular weight excluding hydrogens is 544 g/mol. The van der Waals surface area contributed by atoms with Crippen molar-refractivity contribution in [1.82, 2.24) is 9.55 Å². The number of ether oxygens (including phenoxy) is 2. The van der Waals surface area contributed by atoms with E-state index >= 15 is 0 Å². The molecule has 0 amide bonds. The molecule has 3 aromatic carbocycles. The molecule has 0 fully saturated rings. The molecule has 5 aromatic rings. The zero-order valence-electron chi connectivity index (χ0n) is 24.2. The second-order valence-corrected chi connectivity index (χ2v) is 10.8. The van der Waals surface area contributed by atoms with E-state index < -0.39 is 11.9 Å². The molecule has 2 aliphatic carbocycles. The van der Waals surface area contributed by atoms with Crippen molar-refractivity contribution >= 4 is 45.3 Å². The van der Waals surface area contributed by atoms with Crippen molar-refractivity contribution in [3.63, 3.8) is 0 Å². The minimum Gasteiger partial charge on any atom is -0.465 e. The minimum absolute atomic E-state index is 0.110.